The van der Waals surface area contributed by atoms with Crippen molar-refractivity contribution in [2.24, 2.45) is 0 Å². The van der Waals surface area contributed by atoms with E-state index < -0.39 is 35.5 Å². The molecule has 0 unspecified atom stereocenters. The van der Waals surface area contributed by atoms with Gasteiger partial charge in [-0.05, 0) is 18.2 Å². The van der Waals surface area contributed by atoms with Crippen molar-refractivity contribution in [2.75, 3.05) is 0 Å². The van der Waals surface area contributed by atoms with Crippen LogP contribution in [0, 0.1) is 5.82 Å². The Morgan fingerprint density at radius 3 is 2.50 bits per heavy atom. The number of hydrogen-bond acceptors (Lipinski definition) is 2. The summed E-state index contributed by atoms with van der Waals surface area (Å²) in [6.45, 7) is -1.52. The van der Waals surface area contributed by atoms with Gasteiger partial charge in [-0.1, -0.05) is 0 Å². The maximum Gasteiger partial charge on any atom is 0.406 e. The van der Waals surface area contributed by atoms with Crippen molar-refractivity contribution < 1.29 is 27.5 Å². The van der Waals surface area contributed by atoms with Crippen LogP contribution in [0.4, 0.5) is 17.6 Å². The van der Waals surface area contributed by atoms with Crippen LogP contribution in [0.1, 0.15) is 10.4 Å². The third kappa shape index (κ3) is 2.63. The number of alkyl halides is 3. The highest BCUT2D eigenvalue weighted by molar-refractivity contribution is 5.92. The van der Waals surface area contributed by atoms with E-state index >= 15 is 0 Å². The summed E-state index contributed by atoms with van der Waals surface area (Å²) < 4.78 is 51.0. The number of benzene rings is 1. The van der Waals surface area contributed by atoms with E-state index in [0.717, 1.165) is 18.2 Å². The number of carboxylic acid groups (broad SMARTS) is 1. The van der Waals surface area contributed by atoms with Crippen molar-refractivity contribution in [3.8, 4) is 0 Å². The molecule has 2 aromatic rings. The summed E-state index contributed by atoms with van der Waals surface area (Å²) in [6, 6.07) is 2.60. The number of carboxylic acids is 1. The molecule has 20 heavy (non-hydrogen) atoms. The van der Waals surface area contributed by atoms with Crippen LogP contribution >= 0.6 is 0 Å². The van der Waals surface area contributed by atoms with E-state index in [0.29, 0.717) is 10.8 Å². The molecule has 0 radical (unpaired) electrons. The molecule has 0 bridgehead atoms. The minimum absolute atomic E-state index is 0.282. The molecule has 4 nitrogen and oxygen atoms in total. The molecular formula is C12H7F4NO3. The monoisotopic (exact) mass is 289 g/mol. The summed E-state index contributed by atoms with van der Waals surface area (Å²) in [5, 5.41) is 8.55. The summed E-state index contributed by atoms with van der Waals surface area (Å²) in [4.78, 5) is 22.7. The largest absolute Gasteiger partial charge is 0.477 e. The number of fused-ring (bicyclic) bond motifs is 1. The van der Waals surface area contributed by atoms with Gasteiger partial charge in [0.2, 0.25) is 5.43 Å². The van der Waals surface area contributed by atoms with Gasteiger partial charge in [-0.2, -0.15) is 13.2 Å². The lowest BCUT2D eigenvalue weighted by molar-refractivity contribution is -0.140. The molecule has 0 aliphatic heterocycles. The number of pyridine rings is 1. The maximum absolute atomic E-state index is 13.1. The van der Waals surface area contributed by atoms with Crippen LogP contribution in [0.25, 0.3) is 10.9 Å². The Labute approximate surface area is 108 Å². The fourth-order valence-electron chi connectivity index (χ4n) is 1.84. The van der Waals surface area contributed by atoms with Crippen molar-refractivity contribution in [2.45, 2.75) is 12.7 Å². The second-order valence-corrected chi connectivity index (χ2v) is 4.08. The smallest absolute Gasteiger partial charge is 0.406 e. The molecule has 0 amide bonds. The number of aromatic nitrogens is 1. The number of rotatable bonds is 2. The molecule has 0 saturated carbocycles. The fraction of sp³-hybridized carbons (Fsp3) is 0.167. The molecule has 8 heteroatoms. The van der Waals surface area contributed by atoms with Crippen molar-refractivity contribution >= 4 is 16.9 Å². The van der Waals surface area contributed by atoms with Crippen molar-refractivity contribution in [1.29, 1.82) is 0 Å². The highest BCUT2D eigenvalue weighted by atomic mass is 19.4. The summed E-state index contributed by atoms with van der Waals surface area (Å²) in [7, 11) is 0. The molecule has 0 aliphatic carbocycles. The van der Waals surface area contributed by atoms with Crippen LogP contribution in [0.5, 0.6) is 0 Å². The zero-order valence-electron chi connectivity index (χ0n) is 9.74. The van der Waals surface area contributed by atoms with Crippen LogP contribution in [-0.4, -0.2) is 21.8 Å². The second kappa shape index (κ2) is 4.62. The highest BCUT2D eigenvalue weighted by Gasteiger charge is 2.29. The SMILES string of the molecule is O=C(O)c1cn(CC(F)(F)F)c2cc(F)ccc2c1=O. The average Bonchev–Trinajstić information content (AvgIpc) is 2.30. The quantitative estimate of drug-likeness (QED) is 0.864. The molecule has 106 valence electrons. The first kappa shape index (κ1) is 14.0. The van der Waals surface area contributed by atoms with Crippen molar-refractivity contribution in [1.82, 2.24) is 4.57 Å². The van der Waals surface area contributed by atoms with Gasteiger partial charge in [0.05, 0.1) is 5.52 Å². The molecular weight excluding hydrogens is 282 g/mol. The number of nitrogens with zero attached hydrogens (tertiary/aromatic N) is 1. The van der Waals surface area contributed by atoms with Crippen molar-refractivity contribution in [3.63, 3.8) is 0 Å². The van der Waals surface area contributed by atoms with E-state index in [1.165, 1.54) is 0 Å². The Balaban J connectivity index is 2.83. The topological polar surface area (TPSA) is 59.3 Å². The van der Waals surface area contributed by atoms with Crippen LogP contribution in [0.15, 0.2) is 29.2 Å². The molecule has 0 aliphatic rings. The molecule has 1 aromatic carbocycles. The molecule has 1 heterocycles. The minimum atomic E-state index is -4.63. The zero-order chi connectivity index (χ0) is 15.1. The van der Waals surface area contributed by atoms with E-state index in [1.807, 2.05) is 0 Å². The van der Waals surface area contributed by atoms with Crippen LogP contribution in [-0.2, 0) is 6.54 Å². The predicted molar refractivity (Wildman–Crippen MR) is 61.2 cm³/mol. The van der Waals surface area contributed by atoms with Gasteiger partial charge in [-0.15, -0.1) is 0 Å². The second-order valence-electron chi connectivity index (χ2n) is 4.08. The third-order valence-corrected chi connectivity index (χ3v) is 2.62. The van der Waals surface area contributed by atoms with E-state index in [-0.39, 0.29) is 10.9 Å². The minimum Gasteiger partial charge on any atom is -0.477 e. The van der Waals surface area contributed by atoms with E-state index in [4.69, 9.17) is 5.11 Å². The van der Waals surface area contributed by atoms with Gasteiger partial charge >= 0.3 is 12.1 Å². The molecule has 1 aromatic heterocycles. The lowest BCUT2D eigenvalue weighted by Crippen LogP contribution is -2.24. The van der Waals surface area contributed by atoms with Gasteiger partial charge in [-0.25, -0.2) is 9.18 Å². The number of halogens is 4. The fourth-order valence-corrected chi connectivity index (χ4v) is 1.84. The molecule has 1 N–H and O–H groups in total. The summed E-state index contributed by atoms with van der Waals surface area (Å²) in [5.41, 5.74) is -2.06. The average molecular weight is 289 g/mol. The molecule has 0 atom stereocenters. The van der Waals surface area contributed by atoms with E-state index in [2.05, 4.69) is 0 Å². The Hall–Kier alpha value is -2.38. The van der Waals surface area contributed by atoms with Gasteiger partial charge in [0.25, 0.3) is 0 Å². The van der Waals surface area contributed by atoms with E-state index in [1.54, 1.807) is 0 Å². The molecule has 0 saturated heterocycles. The Morgan fingerprint density at radius 1 is 1.30 bits per heavy atom. The Bertz CT molecular complexity index is 749. The number of hydrogen-bond donors (Lipinski definition) is 1. The summed E-state index contributed by atoms with van der Waals surface area (Å²) in [5.74, 6) is -2.46. The van der Waals surface area contributed by atoms with Gasteiger partial charge in [0, 0.05) is 11.6 Å². The van der Waals surface area contributed by atoms with Crippen LogP contribution in [0.2, 0.25) is 0 Å². The predicted octanol–water partition coefficient (Wildman–Crippen LogP) is 2.40. The normalized spacial score (nSPS) is 11.8. The third-order valence-electron chi connectivity index (χ3n) is 2.62. The first-order chi connectivity index (χ1) is 9.19. The Kier molecular flexibility index (Phi) is 3.24. The number of carbonyl (C=O) groups is 1. The molecule has 0 fully saturated rings. The van der Waals surface area contributed by atoms with Crippen molar-refractivity contribution in [3.05, 3.63) is 46.0 Å². The van der Waals surface area contributed by atoms with Crippen LogP contribution in [0.3, 0.4) is 0 Å². The number of aromatic carboxylic acids is 1. The maximum atomic E-state index is 13.1. The summed E-state index contributed by atoms with van der Waals surface area (Å²) in [6.07, 6.45) is -4.07. The van der Waals surface area contributed by atoms with Gasteiger partial charge < -0.3 is 9.67 Å². The zero-order valence-corrected chi connectivity index (χ0v) is 9.74. The van der Waals surface area contributed by atoms with Gasteiger partial charge in [0.1, 0.15) is 17.9 Å². The first-order valence-electron chi connectivity index (χ1n) is 5.32. The standard InChI is InChI=1S/C12H7F4NO3/c13-6-1-2-7-9(3-6)17(5-12(14,15)16)4-8(10(7)18)11(19)20/h1-4H,5H2,(H,19,20). The van der Waals surface area contributed by atoms with Crippen LogP contribution < -0.4 is 5.43 Å². The lowest BCUT2D eigenvalue weighted by atomic mass is 10.1. The first-order valence-corrected chi connectivity index (χ1v) is 5.32. The molecule has 0 spiro atoms. The van der Waals surface area contributed by atoms with E-state index in [9.17, 15) is 27.2 Å². The Morgan fingerprint density at radius 2 is 1.95 bits per heavy atom. The lowest BCUT2D eigenvalue weighted by Gasteiger charge is -2.14. The summed E-state index contributed by atoms with van der Waals surface area (Å²) >= 11 is 0. The van der Waals surface area contributed by atoms with Gasteiger partial charge in [-0.3, -0.25) is 4.79 Å². The highest BCUT2D eigenvalue weighted by Crippen LogP contribution is 2.21. The van der Waals surface area contributed by atoms with Gasteiger partial charge in [0.15, 0.2) is 0 Å². The molecule has 2 rings (SSSR count).